The minimum absolute atomic E-state index is 0.118. The fraction of sp³-hybridized carbons (Fsp3) is 0.0870. The maximum Gasteiger partial charge on any atom is 0.364 e. The molecule has 0 aliphatic rings. The lowest BCUT2D eigenvalue weighted by molar-refractivity contribution is 0.0727. The van der Waals surface area contributed by atoms with E-state index in [0.717, 1.165) is 15.8 Å². The SMILES string of the molecule is Cn1nc(C(=O)Oc2ccccc2Cc2ccccc2)c2ccccc2c1=O. The monoisotopic (exact) mass is 370 g/mol. The zero-order chi connectivity index (χ0) is 19.5. The Bertz CT molecular complexity index is 1210. The molecule has 0 radical (unpaired) electrons. The Balaban J connectivity index is 1.70. The molecule has 0 spiro atoms. The Morgan fingerprint density at radius 3 is 2.32 bits per heavy atom. The lowest BCUT2D eigenvalue weighted by Crippen LogP contribution is -2.24. The first-order chi connectivity index (χ1) is 13.6. The molecule has 0 unspecified atom stereocenters. The Hall–Kier alpha value is -3.73. The Morgan fingerprint density at radius 2 is 1.54 bits per heavy atom. The number of hydrogen-bond acceptors (Lipinski definition) is 4. The first-order valence-corrected chi connectivity index (χ1v) is 8.93. The van der Waals surface area contributed by atoms with Gasteiger partial charge in [-0.1, -0.05) is 66.7 Å². The number of ether oxygens (including phenoxy) is 1. The fourth-order valence-electron chi connectivity index (χ4n) is 3.16. The molecular formula is C23H18N2O3. The van der Waals surface area contributed by atoms with Crippen LogP contribution in [0.25, 0.3) is 10.8 Å². The maximum atomic E-state index is 12.9. The lowest BCUT2D eigenvalue weighted by atomic mass is 10.0. The average molecular weight is 370 g/mol. The summed E-state index contributed by atoms with van der Waals surface area (Å²) in [5.74, 6) is -0.108. The summed E-state index contributed by atoms with van der Waals surface area (Å²) in [5, 5.41) is 5.06. The van der Waals surface area contributed by atoms with Gasteiger partial charge in [0, 0.05) is 18.9 Å². The Morgan fingerprint density at radius 1 is 0.893 bits per heavy atom. The van der Waals surface area contributed by atoms with Crippen LogP contribution in [0, 0.1) is 0 Å². The van der Waals surface area contributed by atoms with Gasteiger partial charge >= 0.3 is 5.97 Å². The van der Waals surface area contributed by atoms with Gasteiger partial charge in [0.25, 0.3) is 5.56 Å². The first kappa shape index (κ1) is 17.7. The molecule has 0 bridgehead atoms. The van der Waals surface area contributed by atoms with Crippen molar-refractivity contribution in [3.63, 3.8) is 0 Å². The standard InChI is InChI=1S/C23H18N2O3/c1-25-22(26)19-13-7-6-12-18(19)21(24-25)23(27)28-20-14-8-5-11-17(20)15-16-9-3-2-4-10-16/h2-14H,15H2,1H3. The third-order valence-electron chi connectivity index (χ3n) is 4.56. The van der Waals surface area contributed by atoms with E-state index < -0.39 is 5.97 Å². The highest BCUT2D eigenvalue weighted by atomic mass is 16.5. The number of aryl methyl sites for hydroxylation is 1. The number of carbonyl (C=O) groups excluding carboxylic acids is 1. The fourth-order valence-corrected chi connectivity index (χ4v) is 3.16. The molecule has 5 heteroatoms. The van der Waals surface area contributed by atoms with E-state index in [-0.39, 0.29) is 11.3 Å². The van der Waals surface area contributed by atoms with Gasteiger partial charge in [-0.05, 0) is 23.3 Å². The second-order valence-corrected chi connectivity index (χ2v) is 6.48. The molecular weight excluding hydrogens is 352 g/mol. The van der Waals surface area contributed by atoms with Crippen LogP contribution >= 0.6 is 0 Å². The quantitative estimate of drug-likeness (QED) is 0.406. The van der Waals surface area contributed by atoms with Crippen LogP contribution in [-0.2, 0) is 13.5 Å². The number of rotatable bonds is 4. The van der Waals surface area contributed by atoms with Gasteiger partial charge in [0.05, 0.1) is 5.39 Å². The Kier molecular flexibility index (Phi) is 4.72. The van der Waals surface area contributed by atoms with E-state index in [1.807, 2.05) is 48.5 Å². The van der Waals surface area contributed by atoms with Crippen molar-refractivity contribution >= 4 is 16.7 Å². The number of carbonyl (C=O) groups is 1. The van der Waals surface area contributed by atoms with Gasteiger partial charge in [0.15, 0.2) is 5.69 Å². The summed E-state index contributed by atoms with van der Waals surface area (Å²) in [6.45, 7) is 0. The molecule has 0 aliphatic heterocycles. The predicted octanol–water partition coefficient (Wildman–Crippen LogP) is 3.74. The van der Waals surface area contributed by atoms with Crippen molar-refractivity contribution in [1.82, 2.24) is 9.78 Å². The van der Waals surface area contributed by atoms with Crippen molar-refractivity contribution in [3.05, 3.63) is 106 Å². The smallest absolute Gasteiger partial charge is 0.364 e. The third-order valence-corrected chi connectivity index (χ3v) is 4.56. The molecule has 0 saturated carbocycles. The van der Waals surface area contributed by atoms with Gasteiger partial charge in [-0.3, -0.25) is 4.79 Å². The van der Waals surface area contributed by atoms with Crippen molar-refractivity contribution in [2.75, 3.05) is 0 Å². The molecule has 3 aromatic carbocycles. The van der Waals surface area contributed by atoms with E-state index in [1.165, 1.54) is 7.05 Å². The minimum Gasteiger partial charge on any atom is -0.421 e. The molecule has 5 nitrogen and oxygen atoms in total. The molecule has 28 heavy (non-hydrogen) atoms. The van der Waals surface area contributed by atoms with Crippen LogP contribution in [0.5, 0.6) is 5.75 Å². The molecule has 4 rings (SSSR count). The number of nitrogens with zero attached hydrogens (tertiary/aromatic N) is 2. The number of hydrogen-bond donors (Lipinski definition) is 0. The zero-order valence-corrected chi connectivity index (χ0v) is 15.3. The van der Waals surface area contributed by atoms with E-state index in [9.17, 15) is 9.59 Å². The van der Waals surface area contributed by atoms with E-state index in [4.69, 9.17) is 4.74 Å². The second-order valence-electron chi connectivity index (χ2n) is 6.48. The van der Waals surface area contributed by atoms with Gasteiger partial charge in [-0.15, -0.1) is 0 Å². The van der Waals surface area contributed by atoms with E-state index in [0.29, 0.717) is 22.9 Å². The van der Waals surface area contributed by atoms with E-state index >= 15 is 0 Å². The van der Waals surface area contributed by atoms with E-state index in [1.54, 1.807) is 30.3 Å². The number of esters is 1. The number of fused-ring (bicyclic) bond motifs is 1. The number of aromatic nitrogens is 2. The summed E-state index contributed by atoms with van der Waals surface area (Å²) < 4.78 is 6.85. The van der Waals surface area contributed by atoms with Crippen LogP contribution in [0.3, 0.4) is 0 Å². The topological polar surface area (TPSA) is 61.2 Å². The van der Waals surface area contributed by atoms with Crippen LogP contribution in [0.1, 0.15) is 21.6 Å². The second kappa shape index (κ2) is 7.48. The number of para-hydroxylation sites is 1. The average Bonchev–Trinajstić information content (AvgIpc) is 2.73. The van der Waals surface area contributed by atoms with Crippen molar-refractivity contribution in [3.8, 4) is 5.75 Å². The van der Waals surface area contributed by atoms with Crippen LogP contribution < -0.4 is 10.3 Å². The summed E-state index contributed by atoms with van der Waals surface area (Å²) in [4.78, 5) is 25.2. The van der Waals surface area contributed by atoms with Crippen LogP contribution in [0.2, 0.25) is 0 Å². The van der Waals surface area contributed by atoms with Crippen LogP contribution in [-0.4, -0.2) is 15.7 Å². The minimum atomic E-state index is -0.590. The molecule has 0 aliphatic carbocycles. The van der Waals surface area contributed by atoms with Crippen LogP contribution in [0.4, 0.5) is 0 Å². The van der Waals surface area contributed by atoms with Crippen LogP contribution in [0.15, 0.2) is 83.7 Å². The van der Waals surface area contributed by atoms with Crippen molar-refractivity contribution in [2.24, 2.45) is 7.05 Å². The van der Waals surface area contributed by atoms with Crippen molar-refractivity contribution in [2.45, 2.75) is 6.42 Å². The molecule has 0 atom stereocenters. The highest BCUT2D eigenvalue weighted by molar-refractivity contribution is 6.02. The summed E-state index contributed by atoms with van der Waals surface area (Å²) in [6, 6.07) is 24.3. The van der Waals surface area contributed by atoms with Gasteiger partial charge in [0.1, 0.15) is 5.75 Å². The normalized spacial score (nSPS) is 10.8. The number of benzene rings is 3. The van der Waals surface area contributed by atoms with Crippen molar-refractivity contribution < 1.29 is 9.53 Å². The largest absolute Gasteiger partial charge is 0.421 e. The summed E-state index contributed by atoms with van der Waals surface area (Å²) >= 11 is 0. The van der Waals surface area contributed by atoms with Gasteiger partial charge < -0.3 is 4.74 Å². The summed E-state index contributed by atoms with van der Waals surface area (Å²) in [7, 11) is 1.52. The third kappa shape index (κ3) is 3.42. The van der Waals surface area contributed by atoms with Gasteiger partial charge in [0.2, 0.25) is 0 Å². The molecule has 1 heterocycles. The maximum absolute atomic E-state index is 12.9. The van der Waals surface area contributed by atoms with E-state index in [2.05, 4.69) is 5.10 Å². The molecule has 1 aromatic heterocycles. The highest BCUT2D eigenvalue weighted by Gasteiger charge is 2.19. The van der Waals surface area contributed by atoms with Gasteiger partial charge in [-0.25, -0.2) is 9.48 Å². The first-order valence-electron chi connectivity index (χ1n) is 8.93. The summed E-state index contributed by atoms with van der Waals surface area (Å²) in [6.07, 6.45) is 0.645. The van der Waals surface area contributed by atoms with Crippen molar-refractivity contribution in [1.29, 1.82) is 0 Å². The molecule has 4 aromatic rings. The predicted molar refractivity (Wildman–Crippen MR) is 108 cm³/mol. The highest BCUT2D eigenvalue weighted by Crippen LogP contribution is 2.23. The van der Waals surface area contributed by atoms with Gasteiger partial charge in [-0.2, -0.15) is 5.10 Å². The molecule has 138 valence electrons. The lowest BCUT2D eigenvalue weighted by Gasteiger charge is -2.11. The summed E-state index contributed by atoms with van der Waals surface area (Å²) in [5.41, 5.74) is 1.89. The molecule has 0 saturated heterocycles. The molecule has 0 fully saturated rings. The molecule has 0 N–H and O–H groups in total. The zero-order valence-electron chi connectivity index (χ0n) is 15.3. The Labute approximate surface area is 161 Å². The molecule has 0 amide bonds.